The Balaban J connectivity index is 0.00000144. The Morgan fingerprint density at radius 3 is 2.59 bits per heavy atom. The van der Waals surface area contributed by atoms with Crippen molar-refractivity contribution < 1.29 is 5.11 Å². The summed E-state index contributed by atoms with van der Waals surface area (Å²) in [6.45, 7) is 0. The first kappa shape index (κ1) is 15.5. The number of hydrogen-bond acceptors (Lipinski definition) is 3. The molecule has 0 aliphatic heterocycles. The molecule has 2 aromatic rings. The van der Waals surface area contributed by atoms with E-state index in [1.165, 1.54) is 0 Å². The molecular weight excluding hydrogens is 483 g/mol. The average molecular weight is 494 g/mol. The summed E-state index contributed by atoms with van der Waals surface area (Å²) in [6.07, 6.45) is 0. The minimum absolute atomic E-state index is 0. The molecule has 2 nitrogen and oxygen atoms in total. The van der Waals surface area contributed by atoms with Crippen LogP contribution in [0.15, 0.2) is 29.6 Å². The molecule has 1 aromatic carbocycles. The highest BCUT2D eigenvalue weighted by Gasteiger charge is 2.16. The molecule has 0 radical (unpaired) electrons. The molecule has 0 bridgehead atoms. The Kier molecular flexibility index (Phi) is 5.97. The number of thiophene rings is 1. The second-order valence-electron chi connectivity index (χ2n) is 3.32. The fourth-order valence-electron chi connectivity index (χ4n) is 1.44. The van der Waals surface area contributed by atoms with E-state index >= 15 is 0 Å². The van der Waals surface area contributed by atoms with Gasteiger partial charge in [0.05, 0.1) is 9.61 Å². The Bertz CT molecular complexity index is 504. The molecule has 92 valence electrons. The van der Waals surface area contributed by atoms with E-state index < -0.39 is 0 Å². The number of benzene rings is 1. The Labute approximate surface area is 137 Å². The molecule has 0 aliphatic rings. The van der Waals surface area contributed by atoms with Gasteiger partial charge in [0.2, 0.25) is 0 Å². The van der Waals surface area contributed by atoms with Crippen molar-refractivity contribution in [3.8, 4) is 5.75 Å². The number of halogens is 3. The van der Waals surface area contributed by atoms with Crippen molar-refractivity contribution in [3.05, 3.63) is 47.2 Å². The van der Waals surface area contributed by atoms with Crippen LogP contribution in [0.5, 0.6) is 5.75 Å². The van der Waals surface area contributed by atoms with Gasteiger partial charge >= 0.3 is 0 Å². The molecule has 0 saturated heterocycles. The van der Waals surface area contributed by atoms with Crippen LogP contribution in [0.4, 0.5) is 0 Å². The van der Waals surface area contributed by atoms with Crippen molar-refractivity contribution in [1.82, 2.24) is 0 Å². The van der Waals surface area contributed by atoms with E-state index in [2.05, 4.69) is 45.2 Å². The van der Waals surface area contributed by atoms with Gasteiger partial charge in [-0.3, -0.25) is 0 Å². The van der Waals surface area contributed by atoms with Crippen molar-refractivity contribution >= 4 is 68.9 Å². The summed E-state index contributed by atoms with van der Waals surface area (Å²) in [5, 5.41) is 12.0. The minimum atomic E-state index is -0.247. The molecule has 6 heteroatoms. The van der Waals surface area contributed by atoms with Crippen LogP contribution in [0, 0.1) is 7.14 Å². The predicted octanol–water partition coefficient (Wildman–Crippen LogP) is 4.13. The summed E-state index contributed by atoms with van der Waals surface area (Å²) >= 11 is 5.96. The molecule has 0 fully saturated rings. The predicted molar refractivity (Wildman–Crippen MR) is 91.1 cm³/mol. The molecule has 0 spiro atoms. The number of hydrogen-bond donors (Lipinski definition) is 2. The van der Waals surface area contributed by atoms with Crippen LogP contribution in [0.25, 0.3) is 0 Å². The van der Waals surface area contributed by atoms with Crippen LogP contribution >= 0.6 is 68.9 Å². The molecule has 1 atom stereocenters. The maximum atomic E-state index is 10.0. The van der Waals surface area contributed by atoms with E-state index in [0.717, 1.165) is 17.6 Å². The standard InChI is InChI=1S/C11H9I2NOS.ClH/c12-6-4-7(11(15)8(13)5-6)10(14)9-2-1-3-16-9;/h1-5,10,15H,14H2;1H/t10-;/m0./s1. The van der Waals surface area contributed by atoms with E-state index in [-0.39, 0.29) is 18.4 Å². The molecule has 0 saturated carbocycles. The maximum absolute atomic E-state index is 10.0. The summed E-state index contributed by atoms with van der Waals surface area (Å²) in [7, 11) is 0. The second-order valence-corrected chi connectivity index (χ2v) is 6.71. The zero-order valence-electron chi connectivity index (χ0n) is 8.56. The Hall–Kier alpha value is 0.430. The molecule has 2 rings (SSSR count). The highest BCUT2D eigenvalue weighted by molar-refractivity contribution is 14.1. The van der Waals surface area contributed by atoms with Crippen LogP contribution in [0.3, 0.4) is 0 Å². The van der Waals surface area contributed by atoms with Crippen molar-refractivity contribution in [1.29, 1.82) is 0 Å². The van der Waals surface area contributed by atoms with Gasteiger partial charge in [-0.1, -0.05) is 6.07 Å². The van der Waals surface area contributed by atoms with Gasteiger partial charge in [-0.15, -0.1) is 23.7 Å². The minimum Gasteiger partial charge on any atom is -0.506 e. The van der Waals surface area contributed by atoms with Crippen LogP contribution in [0.2, 0.25) is 0 Å². The van der Waals surface area contributed by atoms with Gasteiger partial charge in [-0.2, -0.15) is 0 Å². The third-order valence-corrected chi connectivity index (χ3v) is 4.64. The summed E-state index contributed by atoms with van der Waals surface area (Å²) < 4.78 is 1.92. The number of rotatable bonds is 2. The van der Waals surface area contributed by atoms with Gasteiger partial charge < -0.3 is 10.8 Å². The maximum Gasteiger partial charge on any atom is 0.134 e. The van der Waals surface area contributed by atoms with E-state index in [1.54, 1.807) is 11.3 Å². The largest absolute Gasteiger partial charge is 0.506 e. The van der Waals surface area contributed by atoms with E-state index in [4.69, 9.17) is 5.73 Å². The zero-order valence-corrected chi connectivity index (χ0v) is 14.5. The lowest BCUT2D eigenvalue weighted by Crippen LogP contribution is -2.11. The number of phenolic OH excluding ortho intramolecular Hbond substituents is 1. The third-order valence-electron chi connectivity index (χ3n) is 2.24. The highest BCUT2D eigenvalue weighted by atomic mass is 127. The van der Waals surface area contributed by atoms with Gasteiger partial charge in [0.15, 0.2) is 0 Å². The van der Waals surface area contributed by atoms with Crippen molar-refractivity contribution in [2.75, 3.05) is 0 Å². The number of aromatic hydroxyl groups is 1. The smallest absolute Gasteiger partial charge is 0.134 e. The van der Waals surface area contributed by atoms with Crippen LogP contribution in [-0.2, 0) is 0 Å². The SMILES string of the molecule is Cl.N[C@H](c1cccs1)c1cc(I)cc(I)c1O. The Morgan fingerprint density at radius 2 is 2.00 bits per heavy atom. The summed E-state index contributed by atoms with van der Waals surface area (Å²) in [5.74, 6) is 0.293. The van der Waals surface area contributed by atoms with Crippen LogP contribution in [-0.4, -0.2) is 5.11 Å². The molecule has 0 aliphatic carbocycles. The second kappa shape index (κ2) is 6.55. The van der Waals surface area contributed by atoms with E-state index in [0.29, 0.717) is 5.75 Å². The lowest BCUT2D eigenvalue weighted by Gasteiger charge is -2.13. The van der Waals surface area contributed by atoms with Gasteiger partial charge in [0.25, 0.3) is 0 Å². The molecule has 0 unspecified atom stereocenters. The molecule has 1 aromatic heterocycles. The quantitative estimate of drug-likeness (QED) is 0.618. The fourth-order valence-corrected chi connectivity index (χ4v) is 4.08. The summed E-state index contributed by atoms with van der Waals surface area (Å²) in [5.41, 5.74) is 6.93. The van der Waals surface area contributed by atoms with Gasteiger partial charge in [-0.05, 0) is 68.8 Å². The summed E-state index contributed by atoms with van der Waals surface area (Å²) in [6, 6.07) is 7.57. The average Bonchev–Trinajstić information content (AvgIpc) is 2.75. The first-order chi connectivity index (χ1) is 7.59. The van der Waals surface area contributed by atoms with Gasteiger partial charge in [0.1, 0.15) is 5.75 Å². The first-order valence-corrected chi connectivity index (χ1v) is 7.60. The fraction of sp³-hybridized carbons (Fsp3) is 0.0909. The lowest BCUT2D eigenvalue weighted by molar-refractivity contribution is 0.461. The van der Waals surface area contributed by atoms with E-state index in [9.17, 15) is 5.11 Å². The normalized spacial score (nSPS) is 11.9. The topological polar surface area (TPSA) is 46.2 Å². The Morgan fingerprint density at radius 1 is 1.29 bits per heavy atom. The molecule has 0 amide bonds. The van der Waals surface area contributed by atoms with Crippen LogP contribution in [0.1, 0.15) is 16.5 Å². The van der Waals surface area contributed by atoms with Gasteiger partial charge in [-0.25, -0.2) is 0 Å². The van der Waals surface area contributed by atoms with Crippen molar-refractivity contribution in [2.45, 2.75) is 6.04 Å². The van der Waals surface area contributed by atoms with Crippen molar-refractivity contribution in [2.24, 2.45) is 5.73 Å². The lowest BCUT2D eigenvalue weighted by atomic mass is 10.1. The molecule has 17 heavy (non-hydrogen) atoms. The van der Waals surface area contributed by atoms with Crippen molar-refractivity contribution in [3.63, 3.8) is 0 Å². The molecule has 1 heterocycles. The number of phenols is 1. The molecule has 3 N–H and O–H groups in total. The van der Waals surface area contributed by atoms with E-state index in [1.807, 2.05) is 29.6 Å². The molecular formula is C11H10ClI2NOS. The summed E-state index contributed by atoms with van der Waals surface area (Å²) in [4.78, 5) is 1.06. The monoisotopic (exact) mass is 493 g/mol. The van der Waals surface area contributed by atoms with Gasteiger partial charge in [0, 0.05) is 14.0 Å². The highest BCUT2D eigenvalue weighted by Crippen LogP contribution is 2.34. The third kappa shape index (κ3) is 3.46. The zero-order chi connectivity index (χ0) is 11.7. The van der Waals surface area contributed by atoms with Crippen LogP contribution < -0.4 is 5.73 Å². The first-order valence-electron chi connectivity index (χ1n) is 4.56. The number of nitrogens with two attached hydrogens (primary N) is 1.